The molecule has 0 aliphatic heterocycles. The van der Waals surface area contributed by atoms with E-state index in [9.17, 15) is 14.4 Å². The molecular formula is C37H34N4O6S2. The first-order valence-electron chi connectivity index (χ1n) is 15.0. The minimum Gasteiger partial charge on any atom is -0.497 e. The minimum absolute atomic E-state index is 0.0577. The third-order valence-electron chi connectivity index (χ3n) is 7.14. The van der Waals surface area contributed by atoms with Gasteiger partial charge in [0.05, 0.1) is 32.3 Å². The number of aromatic nitrogens is 1. The van der Waals surface area contributed by atoms with Crippen LogP contribution in [0.2, 0.25) is 0 Å². The Morgan fingerprint density at radius 1 is 0.816 bits per heavy atom. The number of amides is 3. The van der Waals surface area contributed by atoms with Crippen molar-refractivity contribution in [2.75, 3.05) is 32.0 Å². The highest BCUT2D eigenvalue weighted by molar-refractivity contribution is 8.00. The molecule has 1 unspecified atom stereocenters. The topological polar surface area (TPSA) is 128 Å². The number of anilines is 2. The molecule has 4 aromatic carbocycles. The quantitative estimate of drug-likeness (QED) is 0.0862. The second-order valence-electron chi connectivity index (χ2n) is 10.5. The fourth-order valence-electron chi connectivity index (χ4n) is 4.58. The van der Waals surface area contributed by atoms with Gasteiger partial charge in [-0.2, -0.15) is 0 Å². The van der Waals surface area contributed by atoms with Gasteiger partial charge in [0, 0.05) is 27.1 Å². The van der Waals surface area contributed by atoms with E-state index in [1.165, 1.54) is 23.1 Å². The zero-order valence-corrected chi connectivity index (χ0v) is 28.8. The fraction of sp³-hybridized carbons (Fsp3) is 0.135. The molecule has 5 rings (SSSR count). The molecule has 0 spiro atoms. The van der Waals surface area contributed by atoms with Crippen molar-refractivity contribution >= 4 is 57.7 Å². The number of thiazole rings is 1. The summed E-state index contributed by atoms with van der Waals surface area (Å²) in [5.41, 5.74) is 3.21. The van der Waals surface area contributed by atoms with E-state index >= 15 is 0 Å². The summed E-state index contributed by atoms with van der Waals surface area (Å²) in [6.07, 6.45) is 1.59. The number of rotatable bonds is 13. The zero-order chi connectivity index (χ0) is 34.8. The number of hydrogen-bond donors (Lipinski definition) is 3. The lowest BCUT2D eigenvalue weighted by Gasteiger charge is -2.13. The van der Waals surface area contributed by atoms with Crippen molar-refractivity contribution in [2.24, 2.45) is 0 Å². The highest BCUT2D eigenvalue weighted by Crippen LogP contribution is 2.34. The molecule has 1 atom stereocenters. The molecule has 5 aromatic rings. The number of ether oxygens (including phenoxy) is 3. The van der Waals surface area contributed by atoms with E-state index in [0.717, 1.165) is 10.5 Å². The summed E-state index contributed by atoms with van der Waals surface area (Å²) in [6, 6.07) is 28.4. The smallest absolute Gasteiger partial charge is 0.272 e. The van der Waals surface area contributed by atoms with Gasteiger partial charge < -0.3 is 30.2 Å². The van der Waals surface area contributed by atoms with Crippen LogP contribution in [0.1, 0.15) is 22.8 Å². The van der Waals surface area contributed by atoms with Crippen molar-refractivity contribution in [1.29, 1.82) is 0 Å². The number of carbonyl (C=O) groups excluding carboxylic acids is 3. The summed E-state index contributed by atoms with van der Waals surface area (Å²) < 4.78 is 16.0. The Balaban J connectivity index is 1.21. The van der Waals surface area contributed by atoms with Crippen molar-refractivity contribution in [1.82, 2.24) is 10.3 Å². The Hall–Kier alpha value is -5.59. The van der Waals surface area contributed by atoms with E-state index in [1.807, 2.05) is 48.7 Å². The van der Waals surface area contributed by atoms with Crippen molar-refractivity contribution in [2.45, 2.75) is 17.1 Å². The molecule has 10 nitrogen and oxygen atoms in total. The van der Waals surface area contributed by atoms with Crippen molar-refractivity contribution in [3.8, 4) is 28.5 Å². The van der Waals surface area contributed by atoms with Gasteiger partial charge in [-0.3, -0.25) is 14.4 Å². The van der Waals surface area contributed by atoms with E-state index in [-0.39, 0.29) is 11.6 Å². The lowest BCUT2D eigenvalue weighted by atomic mass is 10.1. The van der Waals surface area contributed by atoms with Gasteiger partial charge in [0.2, 0.25) is 5.91 Å². The summed E-state index contributed by atoms with van der Waals surface area (Å²) >= 11 is 2.70. The van der Waals surface area contributed by atoms with Crippen LogP contribution in [0.5, 0.6) is 17.2 Å². The van der Waals surface area contributed by atoms with Crippen LogP contribution in [0.25, 0.3) is 17.3 Å². The third kappa shape index (κ3) is 9.28. The maximum absolute atomic E-state index is 13.4. The number of carbonyl (C=O) groups is 3. The van der Waals surface area contributed by atoms with E-state index in [0.29, 0.717) is 44.9 Å². The average molecular weight is 695 g/mol. The van der Waals surface area contributed by atoms with Crippen LogP contribution in [0.15, 0.2) is 113 Å². The third-order valence-corrected chi connectivity index (χ3v) is 9.01. The maximum atomic E-state index is 13.4. The van der Waals surface area contributed by atoms with Crippen molar-refractivity contribution in [3.63, 3.8) is 0 Å². The van der Waals surface area contributed by atoms with Gasteiger partial charge in [-0.1, -0.05) is 30.3 Å². The van der Waals surface area contributed by atoms with Gasteiger partial charge in [-0.15, -0.1) is 23.1 Å². The molecule has 3 N–H and O–H groups in total. The van der Waals surface area contributed by atoms with Crippen LogP contribution < -0.4 is 30.2 Å². The Kier molecular flexibility index (Phi) is 11.7. The number of thioether (sulfide) groups is 1. The van der Waals surface area contributed by atoms with Crippen LogP contribution in [0, 0.1) is 0 Å². The van der Waals surface area contributed by atoms with Gasteiger partial charge in [0.15, 0.2) is 16.6 Å². The molecule has 0 aliphatic carbocycles. The normalized spacial score (nSPS) is 11.6. The van der Waals surface area contributed by atoms with E-state index < -0.39 is 17.1 Å². The lowest BCUT2D eigenvalue weighted by Crippen LogP contribution is -2.30. The predicted molar refractivity (Wildman–Crippen MR) is 195 cm³/mol. The van der Waals surface area contributed by atoms with Gasteiger partial charge in [0.25, 0.3) is 11.8 Å². The summed E-state index contributed by atoms with van der Waals surface area (Å²) in [5, 5.41) is 10.4. The second-order valence-corrected chi connectivity index (χ2v) is 12.8. The summed E-state index contributed by atoms with van der Waals surface area (Å²) in [4.78, 5) is 44.8. The van der Waals surface area contributed by atoms with E-state index in [1.54, 1.807) is 88.1 Å². The van der Waals surface area contributed by atoms with Crippen molar-refractivity contribution in [3.05, 3.63) is 119 Å². The highest BCUT2D eigenvalue weighted by atomic mass is 32.2. The predicted octanol–water partition coefficient (Wildman–Crippen LogP) is 7.36. The van der Waals surface area contributed by atoms with Crippen LogP contribution >= 0.6 is 23.1 Å². The first kappa shape index (κ1) is 34.7. The molecule has 0 saturated heterocycles. The van der Waals surface area contributed by atoms with Crippen LogP contribution in [-0.4, -0.2) is 49.3 Å². The van der Waals surface area contributed by atoms with Crippen LogP contribution in [0.4, 0.5) is 10.8 Å². The lowest BCUT2D eigenvalue weighted by molar-refractivity contribution is -0.115. The first-order valence-corrected chi connectivity index (χ1v) is 16.8. The number of benzene rings is 4. The molecule has 12 heteroatoms. The molecule has 1 aromatic heterocycles. The molecule has 0 saturated carbocycles. The Bertz CT molecular complexity index is 1960. The Morgan fingerprint density at radius 3 is 2.29 bits per heavy atom. The van der Waals surface area contributed by atoms with E-state index in [2.05, 4.69) is 20.9 Å². The monoisotopic (exact) mass is 694 g/mol. The van der Waals surface area contributed by atoms with Crippen molar-refractivity contribution < 1.29 is 28.6 Å². The minimum atomic E-state index is -0.504. The number of hydrogen-bond acceptors (Lipinski definition) is 9. The zero-order valence-electron chi connectivity index (χ0n) is 27.2. The standard InChI is InChI=1S/C37H34N4O6S2/c1-23(34(42)41-37-40-31(22-48-37)26-13-18-32(46-3)33(21-26)47-4)49-29-16-14-27(15-17-29)38-36(44)30(20-24-9-8-12-28(19-24)45-2)39-35(43)25-10-6-5-7-11-25/h5-23H,1-4H3,(H,38,44)(H,39,43)(H,40,41,42)/b30-20-. The van der Waals surface area contributed by atoms with Gasteiger partial charge in [-0.05, 0) is 85.3 Å². The maximum Gasteiger partial charge on any atom is 0.272 e. The molecule has 0 fully saturated rings. The molecule has 250 valence electrons. The molecule has 0 radical (unpaired) electrons. The summed E-state index contributed by atoms with van der Waals surface area (Å²) in [7, 11) is 4.71. The van der Waals surface area contributed by atoms with Gasteiger partial charge in [-0.25, -0.2) is 4.98 Å². The average Bonchev–Trinajstić information content (AvgIpc) is 3.60. The Morgan fingerprint density at radius 2 is 1.57 bits per heavy atom. The fourth-order valence-corrected chi connectivity index (χ4v) is 6.17. The number of nitrogens with one attached hydrogen (secondary N) is 3. The molecule has 3 amide bonds. The molecule has 0 bridgehead atoms. The van der Waals surface area contributed by atoms with Gasteiger partial charge >= 0.3 is 0 Å². The van der Waals surface area contributed by atoms with E-state index in [4.69, 9.17) is 14.2 Å². The van der Waals surface area contributed by atoms with Gasteiger partial charge in [0.1, 0.15) is 11.4 Å². The summed E-state index contributed by atoms with van der Waals surface area (Å²) in [6.45, 7) is 1.81. The Labute approximate surface area is 292 Å². The molecular weight excluding hydrogens is 661 g/mol. The number of methoxy groups -OCH3 is 3. The number of nitrogens with zero attached hydrogens (tertiary/aromatic N) is 1. The highest BCUT2D eigenvalue weighted by Gasteiger charge is 2.18. The second kappa shape index (κ2) is 16.5. The molecule has 0 aliphatic rings. The first-order chi connectivity index (χ1) is 23.8. The molecule has 1 heterocycles. The SMILES string of the molecule is COc1cccc(/C=C(\NC(=O)c2ccccc2)C(=O)Nc2ccc(SC(C)C(=O)Nc3nc(-c4ccc(OC)c(OC)c4)cs3)cc2)c1. The molecule has 49 heavy (non-hydrogen) atoms. The van der Waals surface area contributed by atoms with Crippen LogP contribution in [-0.2, 0) is 9.59 Å². The largest absolute Gasteiger partial charge is 0.497 e. The summed E-state index contributed by atoms with van der Waals surface area (Å²) in [5.74, 6) is 0.709. The van der Waals surface area contributed by atoms with Crippen LogP contribution in [0.3, 0.4) is 0 Å².